The molecule has 4 aromatic rings. The molecule has 3 aromatic carbocycles. The van der Waals surface area contributed by atoms with Crippen LogP contribution in [0.2, 0.25) is 0 Å². The molecule has 19 heteroatoms. The molecule has 6 amide bonds. The third-order valence-electron chi connectivity index (χ3n) is 11.4. The minimum absolute atomic E-state index is 0.101. The van der Waals surface area contributed by atoms with Crippen LogP contribution in [-0.4, -0.2) is 111 Å². The maximum Gasteiger partial charge on any atom is 0.255 e. The van der Waals surface area contributed by atoms with Crippen molar-refractivity contribution in [1.29, 1.82) is 0 Å². The van der Waals surface area contributed by atoms with Crippen LogP contribution in [-0.2, 0) is 37.0 Å². The Morgan fingerprint density at radius 2 is 1.71 bits per heavy atom. The van der Waals surface area contributed by atoms with Crippen molar-refractivity contribution in [1.82, 2.24) is 30.8 Å². The van der Waals surface area contributed by atoms with Crippen molar-refractivity contribution in [3.05, 3.63) is 93.6 Å². The number of fused-ring (bicyclic) bond motifs is 1. The Balaban J connectivity index is 0.990. The van der Waals surface area contributed by atoms with Crippen LogP contribution in [0.5, 0.6) is 5.75 Å². The van der Waals surface area contributed by atoms with Crippen molar-refractivity contribution >= 4 is 81.2 Å². The van der Waals surface area contributed by atoms with E-state index in [0.717, 1.165) is 48.7 Å². The second kappa shape index (κ2) is 27.1. The van der Waals surface area contributed by atoms with E-state index in [1.807, 2.05) is 31.2 Å². The smallest absolute Gasteiger partial charge is 0.255 e. The molecule has 5 rings (SSSR count). The van der Waals surface area contributed by atoms with Gasteiger partial charge in [0.1, 0.15) is 17.5 Å². The van der Waals surface area contributed by atoms with Gasteiger partial charge in [-0.3, -0.25) is 34.1 Å². The number of hydrogen-bond acceptors (Lipinski definition) is 13. The standard InChI is InChI=1S/C51H67BrN10O8/c1-7-13-42(48(67)56-33-63)62-31-39-38(49(62)68)14-12-15-40(39)57-45(65)16-10-8-9-11-23-53-24-26-70-27-25-54-47(66)36-19-22-41(44(28-36)69-6)58-50-55-29-43(60(5)34-64)46(59-50)61(32-51(2,3)4)30-35-17-20-37(52)21-18-35/h12,14-15,17-22,28-29,33-34,42,53H,7-11,13,16,23-27,30-32H2,1-6H3,(H,54,66)(H,57,65)(H,55,58,59)(H,56,63,67). The van der Waals surface area contributed by atoms with Crippen LogP contribution in [0, 0.1) is 5.41 Å². The molecule has 0 bridgehead atoms. The van der Waals surface area contributed by atoms with Gasteiger partial charge in [-0.25, -0.2) is 4.98 Å². The van der Waals surface area contributed by atoms with E-state index in [1.54, 1.807) is 49.6 Å². The van der Waals surface area contributed by atoms with E-state index in [0.29, 0.717) is 116 Å². The summed E-state index contributed by atoms with van der Waals surface area (Å²) in [6.45, 7) is 12.3. The van der Waals surface area contributed by atoms with Gasteiger partial charge in [-0.2, -0.15) is 4.98 Å². The molecule has 5 N–H and O–H groups in total. The zero-order valence-corrected chi connectivity index (χ0v) is 42.7. The summed E-state index contributed by atoms with van der Waals surface area (Å²) in [6, 6.07) is 17.5. The van der Waals surface area contributed by atoms with Gasteiger partial charge in [0.25, 0.3) is 11.8 Å². The van der Waals surface area contributed by atoms with Crippen molar-refractivity contribution < 1.29 is 38.2 Å². The zero-order valence-electron chi connectivity index (χ0n) is 41.1. The number of aromatic nitrogens is 2. The minimum atomic E-state index is -0.775. The highest BCUT2D eigenvalue weighted by Crippen LogP contribution is 2.35. The van der Waals surface area contributed by atoms with Gasteiger partial charge in [0.05, 0.1) is 32.2 Å². The summed E-state index contributed by atoms with van der Waals surface area (Å²) >= 11 is 3.51. The van der Waals surface area contributed by atoms with Crippen LogP contribution < -0.4 is 41.1 Å². The molecule has 0 aliphatic carbocycles. The fraction of sp³-hybridized carbons (Fsp3) is 0.451. The van der Waals surface area contributed by atoms with E-state index in [1.165, 1.54) is 16.9 Å². The van der Waals surface area contributed by atoms with Gasteiger partial charge in [-0.1, -0.05) is 81.1 Å². The predicted octanol–water partition coefficient (Wildman–Crippen LogP) is 6.96. The van der Waals surface area contributed by atoms with Crippen molar-refractivity contribution in [3.8, 4) is 5.75 Å². The molecule has 0 radical (unpaired) electrons. The van der Waals surface area contributed by atoms with Gasteiger partial charge >= 0.3 is 0 Å². The highest BCUT2D eigenvalue weighted by molar-refractivity contribution is 9.10. The summed E-state index contributed by atoms with van der Waals surface area (Å²) in [7, 11) is 3.19. The lowest BCUT2D eigenvalue weighted by Crippen LogP contribution is -2.46. The molecule has 0 saturated carbocycles. The number of benzene rings is 3. The number of unbranched alkanes of at least 4 members (excludes halogenated alkanes) is 3. The van der Waals surface area contributed by atoms with Crippen LogP contribution in [0.25, 0.3) is 0 Å². The molecule has 1 unspecified atom stereocenters. The summed E-state index contributed by atoms with van der Waals surface area (Å²) in [5, 5.41) is 14.6. The van der Waals surface area contributed by atoms with Gasteiger partial charge in [0.2, 0.25) is 30.6 Å². The number of rotatable bonds is 29. The fourth-order valence-electron chi connectivity index (χ4n) is 8.00. The van der Waals surface area contributed by atoms with E-state index in [4.69, 9.17) is 14.5 Å². The maximum absolute atomic E-state index is 13.2. The van der Waals surface area contributed by atoms with Gasteiger partial charge in [0.15, 0.2) is 5.82 Å². The Bertz CT molecular complexity index is 2410. The lowest BCUT2D eigenvalue weighted by molar-refractivity contribution is -0.129. The van der Waals surface area contributed by atoms with Gasteiger partial charge in [-0.05, 0) is 79.3 Å². The number of hydrogen-bond donors (Lipinski definition) is 5. The van der Waals surface area contributed by atoms with Gasteiger partial charge in [-0.15, -0.1) is 0 Å². The first-order valence-electron chi connectivity index (χ1n) is 23.7. The average Bonchev–Trinajstić information content (AvgIpc) is 3.67. The molecular formula is C51H67BrN10O8. The van der Waals surface area contributed by atoms with Crippen LogP contribution in [0.3, 0.4) is 0 Å². The predicted molar refractivity (Wildman–Crippen MR) is 274 cm³/mol. The first-order valence-corrected chi connectivity index (χ1v) is 24.5. The molecule has 1 atom stereocenters. The lowest BCUT2D eigenvalue weighted by atomic mass is 9.95. The average molecular weight is 1030 g/mol. The molecular weight excluding hydrogens is 961 g/mol. The summed E-state index contributed by atoms with van der Waals surface area (Å²) < 4.78 is 12.4. The number of anilines is 5. The largest absolute Gasteiger partial charge is 0.495 e. The summed E-state index contributed by atoms with van der Waals surface area (Å²) in [6.07, 6.45) is 7.58. The maximum atomic E-state index is 13.2. The molecule has 2 heterocycles. The SMILES string of the molecule is CCCC(C(=O)NC=O)N1Cc2c(NC(=O)CCCCCCNCCOCCNC(=O)c3ccc(Nc4ncc(N(C)C=O)c(N(Cc5ccc(Br)cc5)CC(C)(C)C)n4)c(OC)c3)cccc2C1=O. The number of carbonyl (C=O) groups excluding carboxylic acids is 6. The third-order valence-corrected chi connectivity index (χ3v) is 12.0. The number of carbonyl (C=O) groups is 6. The summed E-state index contributed by atoms with van der Waals surface area (Å²) in [5.74, 6) is 0.0628. The Morgan fingerprint density at radius 3 is 2.43 bits per heavy atom. The number of ether oxygens (including phenoxy) is 2. The van der Waals surface area contributed by atoms with E-state index in [9.17, 15) is 28.8 Å². The third kappa shape index (κ3) is 16.1. The van der Waals surface area contributed by atoms with E-state index in [-0.39, 0.29) is 29.7 Å². The molecule has 0 saturated heterocycles. The molecule has 1 aromatic heterocycles. The molecule has 376 valence electrons. The number of nitrogens with zero attached hydrogens (tertiary/aromatic N) is 5. The normalized spacial score (nSPS) is 12.4. The number of nitrogens with one attached hydrogen (secondary N) is 5. The summed E-state index contributed by atoms with van der Waals surface area (Å²) in [5.41, 5.74) is 4.16. The molecule has 1 aliphatic heterocycles. The first kappa shape index (κ1) is 54.5. The number of imide groups is 1. The summed E-state index contributed by atoms with van der Waals surface area (Å²) in [4.78, 5) is 89.0. The topological polar surface area (TPSA) is 217 Å². The molecule has 1 aliphatic rings. The quantitative estimate of drug-likeness (QED) is 0.0275. The van der Waals surface area contributed by atoms with Crippen molar-refractivity contribution in [2.75, 3.05) is 74.0 Å². The number of methoxy groups -OCH3 is 1. The lowest BCUT2D eigenvalue weighted by Gasteiger charge is -2.33. The Kier molecular flexibility index (Phi) is 21.1. The van der Waals surface area contributed by atoms with Crippen LogP contribution in [0.1, 0.15) is 104 Å². The van der Waals surface area contributed by atoms with Crippen LogP contribution in [0.4, 0.5) is 28.8 Å². The highest BCUT2D eigenvalue weighted by Gasteiger charge is 2.37. The Labute approximate surface area is 419 Å². The van der Waals surface area contributed by atoms with E-state index < -0.39 is 11.9 Å². The monoisotopic (exact) mass is 1030 g/mol. The van der Waals surface area contributed by atoms with Crippen LogP contribution >= 0.6 is 15.9 Å². The Morgan fingerprint density at radius 1 is 0.957 bits per heavy atom. The second-order valence-electron chi connectivity index (χ2n) is 18.2. The fourth-order valence-corrected chi connectivity index (χ4v) is 8.27. The molecule has 0 spiro atoms. The van der Waals surface area contributed by atoms with Gasteiger partial charge < -0.3 is 45.4 Å². The van der Waals surface area contributed by atoms with Crippen LogP contribution in [0.15, 0.2) is 71.3 Å². The van der Waals surface area contributed by atoms with Crippen molar-refractivity contribution in [2.45, 2.75) is 91.8 Å². The highest BCUT2D eigenvalue weighted by atomic mass is 79.9. The first-order chi connectivity index (χ1) is 33.7. The number of halogens is 1. The number of amides is 6. The van der Waals surface area contributed by atoms with Crippen molar-refractivity contribution in [3.63, 3.8) is 0 Å². The van der Waals surface area contributed by atoms with Crippen molar-refractivity contribution in [2.24, 2.45) is 5.41 Å². The Hall–Kier alpha value is -6.44. The minimum Gasteiger partial charge on any atom is -0.495 e. The molecule has 0 fully saturated rings. The molecule has 70 heavy (non-hydrogen) atoms. The zero-order chi connectivity index (χ0) is 50.6. The van der Waals surface area contributed by atoms with Gasteiger partial charge in [0, 0.05) is 73.0 Å². The van der Waals surface area contributed by atoms with E-state index >= 15 is 0 Å². The second-order valence-corrected chi connectivity index (χ2v) is 19.1. The molecule has 18 nitrogen and oxygen atoms in total. The van der Waals surface area contributed by atoms with E-state index in [2.05, 4.69) is 73.2 Å².